The van der Waals surface area contributed by atoms with Gasteiger partial charge in [0.05, 0.1) is 10.6 Å². The fourth-order valence-electron chi connectivity index (χ4n) is 2.68. The molecule has 2 N–H and O–H groups in total. The minimum atomic E-state index is -3.76. The monoisotopic (exact) mass is 384 g/mol. The molecule has 0 spiro atoms. The predicted molar refractivity (Wildman–Crippen MR) is 105 cm³/mol. The SMILES string of the molecule is CNC(=O)[C@H](C)Oc1ccc(S(=O)(=O)Nc2cccc3ccccc23)cc1. The van der Waals surface area contributed by atoms with Crippen molar-refractivity contribution in [2.24, 2.45) is 0 Å². The average molecular weight is 384 g/mol. The van der Waals surface area contributed by atoms with Gasteiger partial charge in [-0.05, 0) is 42.6 Å². The fraction of sp³-hybridized carbons (Fsp3) is 0.150. The Morgan fingerprint density at radius 1 is 0.963 bits per heavy atom. The molecule has 0 fully saturated rings. The summed E-state index contributed by atoms with van der Waals surface area (Å²) < 4.78 is 33.6. The van der Waals surface area contributed by atoms with E-state index in [1.807, 2.05) is 30.3 Å². The summed E-state index contributed by atoms with van der Waals surface area (Å²) in [6.07, 6.45) is -0.675. The molecule has 3 aromatic rings. The number of hydrogen-bond acceptors (Lipinski definition) is 4. The molecule has 0 heterocycles. The first-order valence-corrected chi connectivity index (χ1v) is 9.88. The molecule has 3 aromatic carbocycles. The van der Waals surface area contributed by atoms with Gasteiger partial charge >= 0.3 is 0 Å². The van der Waals surface area contributed by atoms with Crippen molar-refractivity contribution in [3.05, 3.63) is 66.7 Å². The highest BCUT2D eigenvalue weighted by Gasteiger charge is 2.17. The van der Waals surface area contributed by atoms with E-state index in [0.29, 0.717) is 11.4 Å². The second kappa shape index (κ2) is 7.67. The third kappa shape index (κ3) is 4.20. The molecule has 1 amide bonds. The quantitative estimate of drug-likeness (QED) is 0.684. The highest BCUT2D eigenvalue weighted by atomic mass is 32.2. The lowest BCUT2D eigenvalue weighted by Gasteiger charge is -2.14. The van der Waals surface area contributed by atoms with Gasteiger partial charge in [0, 0.05) is 12.4 Å². The van der Waals surface area contributed by atoms with Gasteiger partial charge in [-0.25, -0.2) is 8.42 Å². The van der Waals surface area contributed by atoms with E-state index in [0.717, 1.165) is 10.8 Å². The predicted octanol–water partition coefficient (Wildman–Crippen LogP) is 3.15. The van der Waals surface area contributed by atoms with Crippen molar-refractivity contribution in [1.82, 2.24) is 5.32 Å². The summed E-state index contributed by atoms with van der Waals surface area (Å²) in [6, 6.07) is 18.9. The molecule has 1 atom stereocenters. The maximum absolute atomic E-state index is 12.7. The second-order valence-corrected chi connectivity index (χ2v) is 7.66. The van der Waals surface area contributed by atoms with Crippen LogP contribution in [-0.2, 0) is 14.8 Å². The lowest BCUT2D eigenvalue weighted by atomic mass is 10.1. The highest BCUT2D eigenvalue weighted by Crippen LogP contribution is 2.26. The smallest absolute Gasteiger partial charge is 0.261 e. The highest BCUT2D eigenvalue weighted by molar-refractivity contribution is 7.92. The Labute approximate surface area is 158 Å². The Morgan fingerprint density at radius 3 is 2.33 bits per heavy atom. The van der Waals surface area contributed by atoms with E-state index in [1.54, 1.807) is 19.1 Å². The average Bonchev–Trinajstić information content (AvgIpc) is 2.68. The minimum absolute atomic E-state index is 0.107. The maximum atomic E-state index is 12.7. The number of ether oxygens (including phenoxy) is 1. The van der Waals surface area contributed by atoms with E-state index in [2.05, 4.69) is 10.0 Å². The molecule has 0 unspecified atom stereocenters. The topological polar surface area (TPSA) is 84.5 Å². The minimum Gasteiger partial charge on any atom is -0.481 e. The van der Waals surface area contributed by atoms with Crippen LogP contribution in [0.15, 0.2) is 71.6 Å². The molecule has 3 rings (SSSR count). The van der Waals surface area contributed by atoms with Gasteiger partial charge in [-0.3, -0.25) is 9.52 Å². The zero-order valence-corrected chi connectivity index (χ0v) is 15.8. The van der Waals surface area contributed by atoms with E-state index >= 15 is 0 Å². The van der Waals surface area contributed by atoms with Crippen LogP contribution in [0.1, 0.15) is 6.92 Å². The summed E-state index contributed by atoms with van der Waals surface area (Å²) in [6.45, 7) is 1.62. The van der Waals surface area contributed by atoms with Gasteiger partial charge in [0.15, 0.2) is 6.10 Å². The molecule has 0 aromatic heterocycles. The van der Waals surface area contributed by atoms with Crippen molar-refractivity contribution in [3.63, 3.8) is 0 Å². The molecule has 0 saturated carbocycles. The number of carbonyl (C=O) groups is 1. The summed E-state index contributed by atoms with van der Waals surface area (Å²) in [5, 5.41) is 4.26. The Morgan fingerprint density at radius 2 is 1.63 bits per heavy atom. The van der Waals surface area contributed by atoms with Crippen LogP contribution in [0.5, 0.6) is 5.75 Å². The van der Waals surface area contributed by atoms with E-state index in [9.17, 15) is 13.2 Å². The maximum Gasteiger partial charge on any atom is 0.261 e. The van der Waals surface area contributed by atoms with Gasteiger partial charge in [-0.15, -0.1) is 0 Å². The molecular weight excluding hydrogens is 364 g/mol. The first-order chi connectivity index (χ1) is 12.9. The number of amides is 1. The fourth-order valence-corrected chi connectivity index (χ4v) is 3.76. The van der Waals surface area contributed by atoms with Crippen molar-refractivity contribution in [1.29, 1.82) is 0 Å². The first kappa shape index (κ1) is 18.7. The third-order valence-electron chi connectivity index (χ3n) is 4.10. The van der Waals surface area contributed by atoms with Gasteiger partial charge in [-0.2, -0.15) is 0 Å². The van der Waals surface area contributed by atoms with Gasteiger partial charge < -0.3 is 10.1 Å². The van der Waals surface area contributed by atoms with Crippen LogP contribution < -0.4 is 14.8 Å². The van der Waals surface area contributed by atoms with Crippen LogP contribution >= 0.6 is 0 Å². The Hall–Kier alpha value is -3.06. The van der Waals surface area contributed by atoms with Crippen LogP contribution in [0.4, 0.5) is 5.69 Å². The second-order valence-electron chi connectivity index (χ2n) is 5.98. The molecule has 7 heteroatoms. The van der Waals surface area contributed by atoms with Crippen molar-refractivity contribution >= 4 is 32.4 Å². The summed E-state index contributed by atoms with van der Waals surface area (Å²) in [4.78, 5) is 11.6. The largest absolute Gasteiger partial charge is 0.481 e. The van der Waals surface area contributed by atoms with Crippen LogP contribution in [-0.4, -0.2) is 27.5 Å². The van der Waals surface area contributed by atoms with Gasteiger partial charge in [-0.1, -0.05) is 36.4 Å². The zero-order valence-electron chi connectivity index (χ0n) is 15.0. The lowest BCUT2D eigenvalue weighted by Crippen LogP contribution is -2.33. The number of hydrogen-bond donors (Lipinski definition) is 2. The molecule has 0 aliphatic carbocycles. The molecule has 0 radical (unpaired) electrons. The summed E-state index contributed by atoms with van der Waals surface area (Å²) >= 11 is 0. The number of sulfonamides is 1. The molecule has 27 heavy (non-hydrogen) atoms. The molecule has 6 nitrogen and oxygen atoms in total. The van der Waals surface area contributed by atoms with Crippen molar-refractivity contribution in [2.45, 2.75) is 17.9 Å². The standard InChI is InChI=1S/C20H20N2O4S/c1-14(20(23)21-2)26-16-10-12-17(13-11-16)27(24,25)22-19-9-5-7-15-6-3-4-8-18(15)19/h3-14,22H,1-2H3,(H,21,23)/t14-/m0/s1. The summed E-state index contributed by atoms with van der Waals surface area (Å²) in [5.41, 5.74) is 0.515. The molecule has 0 saturated heterocycles. The van der Waals surface area contributed by atoms with Gasteiger partial charge in [0.1, 0.15) is 5.75 Å². The summed E-state index contributed by atoms with van der Waals surface area (Å²) in [5.74, 6) is 0.152. The van der Waals surface area contributed by atoms with E-state index in [1.165, 1.54) is 31.3 Å². The van der Waals surface area contributed by atoms with Crippen LogP contribution in [0, 0.1) is 0 Å². The number of benzene rings is 3. The summed E-state index contributed by atoms with van der Waals surface area (Å²) in [7, 11) is -2.23. The van der Waals surface area contributed by atoms with Crippen molar-refractivity contribution < 1.29 is 17.9 Å². The van der Waals surface area contributed by atoms with Crippen LogP contribution in [0.2, 0.25) is 0 Å². The van der Waals surface area contributed by atoms with E-state index in [4.69, 9.17) is 4.74 Å². The van der Waals surface area contributed by atoms with Gasteiger partial charge in [0.2, 0.25) is 0 Å². The normalized spacial score (nSPS) is 12.4. The molecule has 0 aliphatic heterocycles. The number of fused-ring (bicyclic) bond motifs is 1. The van der Waals surface area contributed by atoms with Gasteiger partial charge in [0.25, 0.3) is 15.9 Å². The molecule has 0 aliphatic rings. The number of carbonyl (C=O) groups excluding carboxylic acids is 1. The molecule has 140 valence electrons. The molecule has 0 bridgehead atoms. The number of rotatable bonds is 6. The lowest BCUT2D eigenvalue weighted by molar-refractivity contribution is -0.126. The van der Waals surface area contributed by atoms with Crippen LogP contribution in [0.3, 0.4) is 0 Å². The zero-order chi connectivity index (χ0) is 19.4. The van der Waals surface area contributed by atoms with E-state index < -0.39 is 16.1 Å². The van der Waals surface area contributed by atoms with Crippen molar-refractivity contribution in [3.8, 4) is 5.75 Å². The number of likely N-dealkylation sites (N-methyl/N-ethyl adjacent to an activating group) is 1. The number of anilines is 1. The third-order valence-corrected chi connectivity index (χ3v) is 5.48. The Bertz CT molecular complexity index is 1060. The molecular formula is C20H20N2O4S. The van der Waals surface area contributed by atoms with E-state index in [-0.39, 0.29) is 10.8 Å². The van der Waals surface area contributed by atoms with Crippen molar-refractivity contribution in [2.75, 3.05) is 11.8 Å². The number of nitrogens with one attached hydrogen (secondary N) is 2. The van der Waals surface area contributed by atoms with Crippen LogP contribution in [0.25, 0.3) is 10.8 Å². The Kier molecular flexibility index (Phi) is 5.32. The Balaban J connectivity index is 1.82. The first-order valence-electron chi connectivity index (χ1n) is 8.39.